The molecule has 0 aliphatic carbocycles. The van der Waals surface area contributed by atoms with E-state index in [9.17, 15) is 0 Å². The van der Waals surface area contributed by atoms with Gasteiger partial charge in [0.2, 0.25) is 0 Å². The molecule has 0 N–H and O–H groups in total. The highest BCUT2D eigenvalue weighted by molar-refractivity contribution is 5.02. The molecule has 0 spiro atoms. The van der Waals surface area contributed by atoms with Crippen LogP contribution in [0.5, 0.6) is 0 Å². The van der Waals surface area contributed by atoms with Crippen LogP contribution in [0.15, 0.2) is 48.6 Å². The second kappa shape index (κ2) is 26.9. The minimum absolute atomic E-state index is 0.957. The van der Waals surface area contributed by atoms with Gasteiger partial charge in [0.15, 0.2) is 0 Å². The van der Waals surface area contributed by atoms with Crippen molar-refractivity contribution in [3.63, 3.8) is 0 Å². The molecule has 0 fully saturated rings. The first kappa shape index (κ1) is 27.9. The van der Waals surface area contributed by atoms with Gasteiger partial charge in [-0.15, -0.1) is 0 Å². The number of rotatable bonds is 22. The van der Waals surface area contributed by atoms with E-state index in [0.29, 0.717) is 0 Å². The van der Waals surface area contributed by atoms with E-state index in [2.05, 4.69) is 62.5 Å². The van der Waals surface area contributed by atoms with Gasteiger partial charge in [-0.25, -0.2) is 0 Å². The molecule has 29 heavy (non-hydrogen) atoms. The van der Waals surface area contributed by atoms with Gasteiger partial charge in [-0.05, 0) is 51.4 Å². The van der Waals surface area contributed by atoms with Crippen molar-refractivity contribution in [3.05, 3.63) is 48.6 Å². The zero-order chi connectivity index (χ0) is 21.1. The van der Waals surface area contributed by atoms with Crippen LogP contribution in [0, 0.1) is 0 Å². The van der Waals surface area contributed by atoms with Crippen molar-refractivity contribution in [1.29, 1.82) is 0 Å². The fourth-order valence-corrected chi connectivity index (χ4v) is 3.13. The average molecular weight is 403 g/mol. The quantitative estimate of drug-likeness (QED) is 0.129. The normalized spacial score (nSPS) is 12.5. The number of hydrogen-bond acceptors (Lipinski definition) is 1. The molecular formula is C28H50O. The number of ether oxygens (including phenoxy) is 1. The van der Waals surface area contributed by atoms with Crippen LogP contribution in [0.3, 0.4) is 0 Å². The lowest BCUT2D eigenvalue weighted by molar-refractivity contribution is 0.125. The SMILES string of the molecule is CCCC=CC=CCCCCCCCOCCCCCCCC=CC=CCCC. The Labute approximate surface area is 183 Å². The lowest BCUT2D eigenvalue weighted by Gasteiger charge is -2.04. The highest BCUT2D eigenvalue weighted by Gasteiger charge is 1.93. The fraction of sp³-hybridized carbons (Fsp3) is 0.714. The Balaban J connectivity index is 3.13. The highest BCUT2D eigenvalue weighted by atomic mass is 16.5. The van der Waals surface area contributed by atoms with Gasteiger partial charge in [-0.2, -0.15) is 0 Å². The summed E-state index contributed by atoms with van der Waals surface area (Å²) in [5.74, 6) is 0. The molecule has 0 aromatic rings. The molecule has 0 amide bonds. The molecule has 0 aliphatic rings. The Bertz CT molecular complexity index is 365. The predicted octanol–water partition coefficient (Wildman–Crippen LogP) is 9.51. The molecule has 0 aromatic carbocycles. The summed E-state index contributed by atoms with van der Waals surface area (Å²) in [5, 5.41) is 0. The Morgan fingerprint density at radius 3 is 1.17 bits per heavy atom. The monoisotopic (exact) mass is 402 g/mol. The van der Waals surface area contributed by atoms with Crippen LogP contribution in [0.2, 0.25) is 0 Å². The summed E-state index contributed by atoms with van der Waals surface area (Å²) < 4.78 is 5.78. The first-order valence-electron chi connectivity index (χ1n) is 12.6. The van der Waals surface area contributed by atoms with Crippen LogP contribution in [-0.4, -0.2) is 13.2 Å². The van der Waals surface area contributed by atoms with Gasteiger partial charge in [-0.1, -0.05) is 114 Å². The zero-order valence-corrected chi connectivity index (χ0v) is 19.8. The standard InChI is InChI=1S/C28H50O/c1-3-5-7-9-11-13-15-17-19-21-23-25-27-29-28-26-24-22-20-18-16-14-12-10-8-6-4-2/h7-14H,3-6,15-28H2,1-2H3. The summed E-state index contributed by atoms with van der Waals surface area (Å²) in [7, 11) is 0. The van der Waals surface area contributed by atoms with Crippen molar-refractivity contribution >= 4 is 0 Å². The van der Waals surface area contributed by atoms with E-state index in [1.807, 2.05) is 0 Å². The maximum absolute atomic E-state index is 5.78. The Morgan fingerprint density at radius 1 is 0.414 bits per heavy atom. The number of hydrogen-bond donors (Lipinski definition) is 0. The molecule has 0 aliphatic heterocycles. The minimum Gasteiger partial charge on any atom is -0.381 e. The van der Waals surface area contributed by atoms with Crippen LogP contribution in [-0.2, 0) is 4.74 Å². The molecule has 0 atom stereocenters. The molecule has 0 rings (SSSR count). The van der Waals surface area contributed by atoms with Crippen LogP contribution in [0.4, 0.5) is 0 Å². The van der Waals surface area contributed by atoms with Crippen LogP contribution >= 0.6 is 0 Å². The Hall–Kier alpha value is -1.08. The molecule has 168 valence electrons. The van der Waals surface area contributed by atoms with Gasteiger partial charge in [0.05, 0.1) is 0 Å². The number of allylic oxidation sites excluding steroid dienone is 8. The summed E-state index contributed by atoms with van der Waals surface area (Å²) in [6, 6.07) is 0. The zero-order valence-electron chi connectivity index (χ0n) is 19.8. The first-order chi connectivity index (χ1) is 14.4. The molecule has 0 aromatic heterocycles. The summed E-state index contributed by atoms with van der Waals surface area (Å²) >= 11 is 0. The molecule has 1 nitrogen and oxygen atoms in total. The van der Waals surface area contributed by atoms with Crippen molar-refractivity contribution in [2.45, 2.75) is 117 Å². The van der Waals surface area contributed by atoms with Crippen LogP contribution < -0.4 is 0 Å². The summed E-state index contributed by atoms with van der Waals surface area (Å²) in [4.78, 5) is 0. The van der Waals surface area contributed by atoms with E-state index in [1.54, 1.807) is 0 Å². The Morgan fingerprint density at radius 2 is 0.759 bits per heavy atom. The number of unbranched alkanes of at least 4 members (excludes halogenated alkanes) is 12. The molecule has 0 heterocycles. The largest absolute Gasteiger partial charge is 0.381 e. The van der Waals surface area contributed by atoms with Gasteiger partial charge < -0.3 is 4.74 Å². The Kier molecular flexibility index (Phi) is 25.9. The van der Waals surface area contributed by atoms with Gasteiger partial charge in [0.1, 0.15) is 0 Å². The molecule has 0 bridgehead atoms. The summed E-state index contributed by atoms with van der Waals surface area (Å²) in [6.45, 7) is 6.35. The average Bonchev–Trinajstić information content (AvgIpc) is 2.74. The molecule has 0 unspecified atom stereocenters. The fourth-order valence-electron chi connectivity index (χ4n) is 3.13. The van der Waals surface area contributed by atoms with E-state index in [1.165, 1.54) is 103 Å². The second-order valence-electron chi connectivity index (χ2n) is 8.02. The van der Waals surface area contributed by atoms with E-state index in [-0.39, 0.29) is 0 Å². The van der Waals surface area contributed by atoms with Crippen molar-refractivity contribution in [1.82, 2.24) is 0 Å². The van der Waals surface area contributed by atoms with Crippen molar-refractivity contribution in [2.24, 2.45) is 0 Å². The topological polar surface area (TPSA) is 9.23 Å². The van der Waals surface area contributed by atoms with E-state index in [0.717, 1.165) is 13.2 Å². The second-order valence-corrected chi connectivity index (χ2v) is 8.02. The molecular weight excluding hydrogens is 352 g/mol. The van der Waals surface area contributed by atoms with Crippen LogP contribution in [0.25, 0.3) is 0 Å². The minimum atomic E-state index is 0.957. The maximum Gasteiger partial charge on any atom is 0.0466 e. The summed E-state index contributed by atoms with van der Waals surface area (Å²) in [5.41, 5.74) is 0. The smallest absolute Gasteiger partial charge is 0.0466 e. The van der Waals surface area contributed by atoms with E-state index in [4.69, 9.17) is 4.74 Å². The molecule has 0 radical (unpaired) electrons. The third-order valence-corrected chi connectivity index (χ3v) is 5.00. The highest BCUT2D eigenvalue weighted by Crippen LogP contribution is 2.08. The van der Waals surface area contributed by atoms with Crippen molar-refractivity contribution in [2.75, 3.05) is 13.2 Å². The molecule has 0 saturated heterocycles. The van der Waals surface area contributed by atoms with Crippen molar-refractivity contribution in [3.8, 4) is 0 Å². The lowest BCUT2D eigenvalue weighted by Crippen LogP contribution is -1.97. The lowest BCUT2D eigenvalue weighted by atomic mass is 10.1. The van der Waals surface area contributed by atoms with E-state index >= 15 is 0 Å². The van der Waals surface area contributed by atoms with E-state index < -0.39 is 0 Å². The predicted molar refractivity (Wildman–Crippen MR) is 133 cm³/mol. The first-order valence-corrected chi connectivity index (χ1v) is 12.6. The van der Waals surface area contributed by atoms with Crippen LogP contribution in [0.1, 0.15) is 117 Å². The third-order valence-electron chi connectivity index (χ3n) is 5.00. The van der Waals surface area contributed by atoms with Gasteiger partial charge in [0.25, 0.3) is 0 Å². The maximum atomic E-state index is 5.78. The molecule has 1 heteroatoms. The third kappa shape index (κ3) is 26.9. The van der Waals surface area contributed by atoms with Gasteiger partial charge in [0, 0.05) is 13.2 Å². The van der Waals surface area contributed by atoms with Gasteiger partial charge in [-0.3, -0.25) is 0 Å². The summed E-state index contributed by atoms with van der Waals surface area (Å²) in [6.07, 6.45) is 38.4. The molecule has 0 saturated carbocycles. The van der Waals surface area contributed by atoms with Crippen molar-refractivity contribution < 1.29 is 4.74 Å². The van der Waals surface area contributed by atoms with Gasteiger partial charge >= 0.3 is 0 Å².